The topological polar surface area (TPSA) is 157 Å². The van der Waals surface area contributed by atoms with E-state index in [1.54, 1.807) is 0 Å². The van der Waals surface area contributed by atoms with E-state index >= 15 is 0 Å². The second-order valence-corrected chi connectivity index (χ2v) is 35.1. The average molecular weight is 1600 g/mol. The molecule has 0 heterocycles. The van der Waals surface area contributed by atoms with Gasteiger partial charge in [0.05, 0.1) is 52.9 Å². The molecular weight excluding hydrogens is 1410 g/mol. The molecule has 0 saturated carbocycles. The molecule has 0 saturated heterocycles. The number of ether oxygens (including phenoxy) is 7. The van der Waals surface area contributed by atoms with E-state index in [-0.39, 0.29) is 23.9 Å². The highest BCUT2D eigenvalue weighted by Gasteiger charge is 2.19. The van der Waals surface area contributed by atoms with Gasteiger partial charge in [-0.1, -0.05) is 364 Å². The highest BCUT2D eigenvalue weighted by atomic mass is 16.6. The first-order chi connectivity index (χ1) is 55.6. The van der Waals surface area contributed by atoms with Crippen molar-refractivity contribution in [3.8, 4) is 0 Å². The predicted molar refractivity (Wildman–Crippen MR) is 482 cm³/mol. The molecular formula is C100H196N2O11. The number of hydrogen-bond donors (Lipinski definition) is 2. The first-order valence-electron chi connectivity index (χ1n) is 50.4. The molecule has 0 aromatic carbocycles. The smallest absolute Gasteiger partial charge is 0.305 e. The van der Waals surface area contributed by atoms with E-state index in [1.807, 2.05) is 0 Å². The van der Waals surface area contributed by atoms with E-state index in [0.29, 0.717) is 128 Å². The maximum absolute atomic E-state index is 13.0. The van der Waals surface area contributed by atoms with Crippen LogP contribution in [0.5, 0.6) is 0 Å². The van der Waals surface area contributed by atoms with Crippen molar-refractivity contribution in [3.63, 3.8) is 0 Å². The second-order valence-electron chi connectivity index (χ2n) is 35.1. The van der Waals surface area contributed by atoms with Crippen molar-refractivity contribution in [1.29, 1.82) is 0 Å². The third kappa shape index (κ3) is 83.1. The molecule has 4 atom stereocenters. The van der Waals surface area contributed by atoms with Crippen LogP contribution in [-0.4, -0.2) is 115 Å². The Morgan fingerprint density at radius 2 is 0.363 bits per heavy atom. The number of carbonyl (C=O) groups excluding carboxylic acids is 4. The fourth-order valence-corrected chi connectivity index (χ4v) is 16.2. The van der Waals surface area contributed by atoms with Crippen molar-refractivity contribution in [2.75, 3.05) is 79.2 Å². The Bertz CT molecular complexity index is 1680. The van der Waals surface area contributed by atoms with Crippen molar-refractivity contribution < 1.29 is 52.3 Å². The van der Waals surface area contributed by atoms with Crippen molar-refractivity contribution in [2.24, 2.45) is 23.7 Å². The van der Waals surface area contributed by atoms with Crippen LogP contribution >= 0.6 is 0 Å². The van der Waals surface area contributed by atoms with Crippen LogP contribution in [0.3, 0.4) is 0 Å². The molecule has 0 bridgehead atoms. The van der Waals surface area contributed by atoms with Gasteiger partial charge in [0.15, 0.2) is 0 Å². The van der Waals surface area contributed by atoms with Gasteiger partial charge in [-0.05, 0) is 152 Å². The van der Waals surface area contributed by atoms with Crippen molar-refractivity contribution in [3.05, 3.63) is 0 Å². The molecule has 0 aromatic rings. The number of hydrogen-bond acceptors (Lipinski definition) is 13. The fourth-order valence-electron chi connectivity index (χ4n) is 16.2. The third-order valence-electron chi connectivity index (χ3n) is 23.9. The van der Waals surface area contributed by atoms with Gasteiger partial charge in [-0.25, -0.2) is 0 Å². The summed E-state index contributed by atoms with van der Waals surface area (Å²) in [6.45, 7) is 25.9. The zero-order chi connectivity index (χ0) is 82.1. The zero-order valence-electron chi connectivity index (χ0n) is 76.9. The Hall–Kier alpha value is -2.32. The average Bonchev–Trinajstić information content (AvgIpc) is 1.03. The number of unbranched alkanes of at least 4 members (excludes halogenated alkanes) is 40. The van der Waals surface area contributed by atoms with Crippen LogP contribution in [0.2, 0.25) is 0 Å². The monoisotopic (exact) mass is 1600 g/mol. The molecule has 0 aromatic heterocycles. The maximum atomic E-state index is 13.0. The molecule has 2 N–H and O–H groups in total. The SMILES string of the molecule is CCCCCCCCC(CCCCCC)COC(=O)CCCCCC(CCCCCC(=O)OCC(CCCCCC)CCCCCCCC)NCCCOCCOCCOCCCNC(CCCCCC(=O)OCC(CCCCCC)CCCCCCCC)CCCCCC(=O)OCC(CCCCCC)CCCCCCCC. The summed E-state index contributed by atoms with van der Waals surface area (Å²) in [6, 6.07) is 0.778. The minimum Gasteiger partial charge on any atom is -0.465 e. The zero-order valence-corrected chi connectivity index (χ0v) is 76.9. The van der Waals surface area contributed by atoms with Crippen LogP contribution < -0.4 is 10.6 Å². The molecule has 13 nitrogen and oxygen atoms in total. The Labute approximate surface area is 702 Å². The lowest BCUT2D eigenvalue weighted by atomic mass is 9.95. The van der Waals surface area contributed by atoms with Gasteiger partial charge in [-0.3, -0.25) is 19.2 Å². The Morgan fingerprint density at radius 3 is 0.575 bits per heavy atom. The van der Waals surface area contributed by atoms with Crippen LogP contribution in [0.15, 0.2) is 0 Å². The van der Waals surface area contributed by atoms with Gasteiger partial charge >= 0.3 is 23.9 Å². The molecule has 672 valence electrons. The lowest BCUT2D eigenvalue weighted by Crippen LogP contribution is -2.30. The van der Waals surface area contributed by atoms with Gasteiger partial charge in [-0.15, -0.1) is 0 Å². The van der Waals surface area contributed by atoms with Crippen molar-refractivity contribution in [2.45, 2.75) is 517 Å². The van der Waals surface area contributed by atoms with Gasteiger partial charge < -0.3 is 43.8 Å². The van der Waals surface area contributed by atoms with Gasteiger partial charge in [0, 0.05) is 51.0 Å². The van der Waals surface area contributed by atoms with E-state index in [4.69, 9.17) is 33.2 Å². The molecule has 0 aliphatic carbocycles. The summed E-state index contributed by atoms with van der Waals surface area (Å²) in [5.74, 6) is 1.87. The summed E-state index contributed by atoms with van der Waals surface area (Å²) in [6.07, 6.45) is 80.9. The number of rotatable bonds is 96. The van der Waals surface area contributed by atoms with Crippen LogP contribution in [-0.2, 0) is 52.3 Å². The number of nitrogens with one attached hydrogen (secondary N) is 2. The van der Waals surface area contributed by atoms with E-state index in [0.717, 1.165) is 129 Å². The van der Waals surface area contributed by atoms with Crippen LogP contribution in [0, 0.1) is 23.7 Å². The van der Waals surface area contributed by atoms with E-state index in [2.05, 4.69) is 66.0 Å². The van der Waals surface area contributed by atoms with Gasteiger partial charge in [0.25, 0.3) is 0 Å². The van der Waals surface area contributed by atoms with E-state index < -0.39 is 0 Å². The minimum atomic E-state index is -0.0238. The van der Waals surface area contributed by atoms with Crippen LogP contribution in [0.1, 0.15) is 505 Å². The largest absolute Gasteiger partial charge is 0.465 e. The Balaban J connectivity index is 5.27. The molecule has 4 unspecified atom stereocenters. The van der Waals surface area contributed by atoms with Crippen molar-refractivity contribution >= 4 is 23.9 Å². The molecule has 113 heavy (non-hydrogen) atoms. The molecule has 0 spiro atoms. The molecule has 0 aliphatic heterocycles. The fraction of sp³-hybridized carbons (Fsp3) is 0.960. The Kier molecular flexibility index (Phi) is 90.1. The third-order valence-corrected chi connectivity index (χ3v) is 23.9. The first-order valence-corrected chi connectivity index (χ1v) is 50.4. The summed E-state index contributed by atoms with van der Waals surface area (Å²) < 4.78 is 41.8. The van der Waals surface area contributed by atoms with Crippen LogP contribution in [0.25, 0.3) is 0 Å². The van der Waals surface area contributed by atoms with Gasteiger partial charge in [-0.2, -0.15) is 0 Å². The summed E-state index contributed by atoms with van der Waals surface area (Å²) >= 11 is 0. The van der Waals surface area contributed by atoms with Gasteiger partial charge in [0.2, 0.25) is 0 Å². The maximum Gasteiger partial charge on any atom is 0.305 e. The van der Waals surface area contributed by atoms with Crippen molar-refractivity contribution in [1.82, 2.24) is 10.6 Å². The summed E-state index contributed by atoms with van der Waals surface area (Å²) in [7, 11) is 0. The normalized spacial score (nSPS) is 13.3. The molecule has 0 rings (SSSR count). The summed E-state index contributed by atoms with van der Waals surface area (Å²) in [5.41, 5.74) is 0. The molecule has 0 aliphatic rings. The molecule has 0 radical (unpaired) electrons. The first kappa shape index (κ1) is 111. The lowest BCUT2D eigenvalue weighted by molar-refractivity contribution is -0.146. The molecule has 0 amide bonds. The van der Waals surface area contributed by atoms with Gasteiger partial charge in [0.1, 0.15) is 0 Å². The highest BCUT2D eigenvalue weighted by molar-refractivity contribution is 5.70. The standard InChI is InChI=1S/C100H196N2O11/c1-9-17-25-33-37-49-67-91(63-45-29-21-13-5)87-110-97(103)75-57-41-53-71-95(72-54-42-58-76-98(104)111-88-92(64-46-30-22-14-6)68-50-38-34-26-18-10-2)101-79-61-81-107-83-85-109-86-84-108-82-62-80-102-96(73-55-43-59-77-99(105)112-89-93(65-47-31-23-15-7)69-51-39-35-27-19-11-3)74-56-44-60-78-100(106)113-90-94(66-48-32-24-16-8)70-52-40-36-28-20-12-4/h91-96,101-102H,9-90H2,1-8H3. The number of carbonyl (C=O) groups is 4. The van der Waals surface area contributed by atoms with E-state index in [9.17, 15) is 19.2 Å². The lowest BCUT2D eigenvalue weighted by Gasteiger charge is -2.19. The minimum absolute atomic E-state index is 0.0238. The molecule has 13 heteroatoms. The molecule has 0 fully saturated rings. The summed E-state index contributed by atoms with van der Waals surface area (Å²) in [4.78, 5) is 52.1. The quantitative estimate of drug-likeness (QED) is 0.0337. The Morgan fingerprint density at radius 1 is 0.195 bits per heavy atom. The predicted octanol–water partition coefficient (Wildman–Crippen LogP) is 29.1. The second kappa shape index (κ2) is 92.0. The van der Waals surface area contributed by atoms with Crippen LogP contribution in [0.4, 0.5) is 0 Å². The number of esters is 4. The summed E-state index contributed by atoms with van der Waals surface area (Å²) in [5, 5.41) is 7.74. The van der Waals surface area contributed by atoms with E-state index in [1.165, 1.54) is 308 Å². The highest BCUT2D eigenvalue weighted by Crippen LogP contribution is 2.26.